The van der Waals surface area contributed by atoms with Gasteiger partial charge in [0.1, 0.15) is 0 Å². The number of hydrogen-bond acceptors (Lipinski definition) is 4. The summed E-state index contributed by atoms with van der Waals surface area (Å²) in [5, 5.41) is -1.24. The zero-order chi connectivity index (χ0) is 16.4. The average molecular weight is 319 g/mol. The van der Waals surface area contributed by atoms with Crippen molar-refractivity contribution >= 4 is 21.8 Å². The molecule has 1 heterocycles. The van der Waals surface area contributed by atoms with Gasteiger partial charge in [-0.15, -0.1) is 0 Å². The molecule has 21 heavy (non-hydrogen) atoms. The Bertz CT molecular complexity index is 496. The maximum absolute atomic E-state index is 12.2. The second-order valence-corrected chi connectivity index (χ2v) is 8.13. The number of nitrogens with two attached hydrogens (primary N) is 1. The van der Waals surface area contributed by atoms with Gasteiger partial charge < -0.3 is 10.6 Å². The minimum atomic E-state index is -3.74. The number of hydrogen-bond donors (Lipinski definition) is 1. The molecule has 2 amide bonds. The third kappa shape index (κ3) is 3.94. The van der Waals surface area contributed by atoms with Crippen molar-refractivity contribution in [2.24, 2.45) is 11.7 Å². The maximum atomic E-state index is 12.2. The van der Waals surface area contributed by atoms with Crippen LogP contribution in [0.3, 0.4) is 0 Å². The van der Waals surface area contributed by atoms with Crippen molar-refractivity contribution < 1.29 is 18.0 Å². The van der Waals surface area contributed by atoms with Gasteiger partial charge in [-0.05, 0) is 19.8 Å². The summed E-state index contributed by atoms with van der Waals surface area (Å²) in [5.74, 6) is -0.823. The number of primary amides is 1. The van der Waals surface area contributed by atoms with Gasteiger partial charge >= 0.3 is 0 Å². The lowest BCUT2D eigenvalue weighted by Crippen LogP contribution is -2.51. The SMILES string of the molecule is CC(C)C(=O)N1CCC(N(C)S(=O)(=O)C(C)C(N)=O)CC1. The standard InChI is InChI=1S/C13H25N3O4S/c1-9(2)13(18)16-7-5-11(6-8-16)15(4)21(19,20)10(3)12(14)17/h9-11H,5-8H2,1-4H3,(H2,14,17). The van der Waals surface area contributed by atoms with Crippen LogP contribution in [0.4, 0.5) is 0 Å². The molecule has 1 aliphatic heterocycles. The van der Waals surface area contributed by atoms with Crippen LogP contribution in [0.2, 0.25) is 0 Å². The van der Waals surface area contributed by atoms with E-state index in [0.29, 0.717) is 25.9 Å². The number of piperidine rings is 1. The van der Waals surface area contributed by atoms with Crippen LogP contribution < -0.4 is 5.73 Å². The lowest BCUT2D eigenvalue weighted by molar-refractivity contribution is -0.135. The molecule has 1 atom stereocenters. The highest BCUT2D eigenvalue weighted by atomic mass is 32.2. The molecule has 1 saturated heterocycles. The smallest absolute Gasteiger partial charge is 0.236 e. The molecule has 0 spiro atoms. The third-order valence-corrected chi connectivity index (χ3v) is 6.26. The third-order valence-electron chi connectivity index (χ3n) is 4.03. The molecule has 122 valence electrons. The highest BCUT2D eigenvalue weighted by Gasteiger charge is 2.36. The molecule has 0 saturated carbocycles. The van der Waals surface area contributed by atoms with Gasteiger partial charge in [-0.1, -0.05) is 13.8 Å². The Kier molecular flexibility index (Phi) is 5.75. The fourth-order valence-electron chi connectivity index (χ4n) is 2.42. The Morgan fingerprint density at radius 2 is 1.67 bits per heavy atom. The van der Waals surface area contributed by atoms with Crippen LogP contribution in [0.25, 0.3) is 0 Å². The van der Waals surface area contributed by atoms with Gasteiger partial charge in [0.15, 0.2) is 5.25 Å². The Labute approximate surface area is 126 Å². The normalized spacial score (nSPS) is 19.0. The first kappa shape index (κ1) is 17.9. The Morgan fingerprint density at radius 3 is 2.05 bits per heavy atom. The van der Waals surface area contributed by atoms with Crippen molar-refractivity contribution in [2.45, 2.75) is 44.9 Å². The number of rotatable bonds is 5. The highest BCUT2D eigenvalue weighted by Crippen LogP contribution is 2.21. The van der Waals surface area contributed by atoms with E-state index in [1.807, 2.05) is 13.8 Å². The second kappa shape index (κ2) is 6.74. The topological polar surface area (TPSA) is 101 Å². The fourth-order valence-corrected chi connectivity index (χ4v) is 3.84. The molecule has 0 radical (unpaired) electrons. The second-order valence-electron chi connectivity index (χ2n) is 5.82. The van der Waals surface area contributed by atoms with Gasteiger partial charge in [-0.3, -0.25) is 9.59 Å². The first-order valence-corrected chi connectivity index (χ1v) is 8.64. The first-order chi connectivity index (χ1) is 9.59. The average Bonchev–Trinajstić information content (AvgIpc) is 2.44. The minimum Gasteiger partial charge on any atom is -0.369 e. The largest absolute Gasteiger partial charge is 0.369 e. The number of sulfonamides is 1. The van der Waals surface area contributed by atoms with E-state index >= 15 is 0 Å². The molecule has 2 N–H and O–H groups in total. The number of nitrogens with zero attached hydrogens (tertiary/aromatic N) is 2. The fraction of sp³-hybridized carbons (Fsp3) is 0.846. The van der Waals surface area contributed by atoms with Gasteiger partial charge in [-0.25, -0.2) is 12.7 Å². The van der Waals surface area contributed by atoms with Gasteiger partial charge in [-0.2, -0.15) is 0 Å². The molecular formula is C13H25N3O4S. The lowest BCUT2D eigenvalue weighted by atomic mass is 10.0. The minimum absolute atomic E-state index is 0.0575. The predicted octanol–water partition coefficient (Wildman–Crippen LogP) is -0.231. The van der Waals surface area contributed by atoms with Crippen LogP contribution in [-0.4, -0.2) is 60.9 Å². The number of likely N-dealkylation sites (tertiary alicyclic amines) is 1. The van der Waals surface area contributed by atoms with E-state index in [4.69, 9.17) is 5.73 Å². The maximum Gasteiger partial charge on any atom is 0.236 e. The molecule has 0 aliphatic carbocycles. The molecule has 0 aromatic heterocycles. The molecule has 1 unspecified atom stereocenters. The number of carbonyl (C=O) groups is 2. The first-order valence-electron chi connectivity index (χ1n) is 7.14. The van der Waals surface area contributed by atoms with E-state index in [0.717, 1.165) is 0 Å². The lowest BCUT2D eigenvalue weighted by Gasteiger charge is -2.37. The van der Waals surface area contributed by atoms with E-state index in [9.17, 15) is 18.0 Å². The number of carbonyl (C=O) groups excluding carboxylic acids is 2. The summed E-state index contributed by atoms with van der Waals surface area (Å²) >= 11 is 0. The summed E-state index contributed by atoms with van der Waals surface area (Å²) in [7, 11) is -2.26. The van der Waals surface area contributed by atoms with Crippen molar-refractivity contribution in [1.82, 2.24) is 9.21 Å². The van der Waals surface area contributed by atoms with Gasteiger partial charge in [0, 0.05) is 32.1 Å². The van der Waals surface area contributed by atoms with E-state index in [2.05, 4.69) is 0 Å². The molecule has 1 aliphatic rings. The van der Waals surface area contributed by atoms with Gasteiger partial charge in [0.25, 0.3) is 0 Å². The van der Waals surface area contributed by atoms with Crippen LogP contribution >= 0.6 is 0 Å². The summed E-state index contributed by atoms with van der Waals surface area (Å²) in [6.07, 6.45) is 1.14. The molecule has 7 nitrogen and oxygen atoms in total. The van der Waals surface area contributed by atoms with Crippen molar-refractivity contribution in [1.29, 1.82) is 0 Å². The molecule has 8 heteroatoms. The zero-order valence-corrected chi connectivity index (χ0v) is 13.9. The molecule has 0 aromatic carbocycles. The van der Waals surface area contributed by atoms with Gasteiger partial charge in [0.05, 0.1) is 0 Å². The van der Waals surface area contributed by atoms with Crippen LogP contribution in [-0.2, 0) is 19.6 Å². The van der Waals surface area contributed by atoms with Crippen LogP contribution in [0, 0.1) is 5.92 Å². The molecule has 0 aromatic rings. The highest BCUT2D eigenvalue weighted by molar-refractivity contribution is 7.90. The summed E-state index contributed by atoms with van der Waals surface area (Å²) in [5.41, 5.74) is 5.09. The number of amides is 2. The van der Waals surface area contributed by atoms with Crippen molar-refractivity contribution in [3.63, 3.8) is 0 Å². The molecule has 0 bridgehead atoms. The van der Waals surface area contributed by atoms with E-state index in [-0.39, 0.29) is 17.9 Å². The van der Waals surface area contributed by atoms with Crippen LogP contribution in [0.5, 0.6) is 0 Å². The molecule has 1 rings (SSSR count). The molecular weight excluding hydrogens is 294 g/mol. The van der Waals surface area contributed by atoms with Crippen LogP contribution in [0.1, 0.15) is 33.6 Å². The monoisotopic (exact) mass is 319 g/mol. The zero-order valence-electron chi connectivity index (χ0n) is 13.1. The summed E-state index contributed by atoms with van der Waals surface area (Å²) in [6.45, 7) is 6.06. The summed E-state index contributed by atoms with van der Waals surface area (Å²) in [4.78, 5) is 24.8. The van der Waals surface area contributed by atoms with E-state index in [1.165, 1.54) is 18.3 Å². The van der Waals surface area contributed by atoms with E-state index in [1.54, 1.807) is 4.90 Å². The Morgan fingerprint density at radius 1 is 1.19 bits per heavy atom. The van der Waals surface area contributed by atoms with Crippen LogP contribution in [0.15, 0.2) is 0 Å². The Hall–Kier alpha value is -1.15. The summed E-state index contributed by atoms with van der Waals surface area (Å²) in [6, 6.07) is -0.201. The van der Waals surface area contributed by atoms with Crippen molar-refractivity contribution in [2.75, 3.05) is 20.1 Å². The summed E-state index contributed by atoms with van der Waals surface area (Å²) < 4.78 is 25.7. The predicted molar refractivity (Wildman–Crippen MR) is 79.8 cm³/mol. The van der Waals surface area contributed by atoms with Crippen molar-refractivity contribution in [3.05, 3.63) is 0 Å². The Balaban J connectivity index is 2.70. The quantitative estimate of drug-likeness (QED) is 0.756. The molecule has 1 fully saturated rings. The van der Waals surface area contributed by atoms with Crippen molar-refractivity contribution in [3.8, 4) is 0 Å². The van der Waals surface area contributed by atoms with Gasteiger partial charge in [0.2, 0.25) is 21.8 Å². The van der Waals surface area contributed by atoms with E-state index < -0.39 is 21.2 Å².